The van der Waals surface area contributed by atoms with Crippen LogP contribution in [0.4, 0.5) is 10.1 Å². The van der Waals surface area contributed by atoms with E-state index in [4.69, 9.17) is 5.73 Å². The zero-order valence-corrected chi connectivity index (χ0v) is 7.96. The van der Waals surface area contributed by atoms with Crippen LogP contribution in [0.15, 0.2) is 6.20 Å². The van der Waals surface area contributed by atoms with Gasteiger partial charge in [0, 0.05) is 6.54 Å². The standard InChI is InChI=1S/C8H13FN4O/c1-2-11-8(14)7-6(10)5-12-13(7)4-3-9/h5H,2-4,10H2,1H3,(H,11,14). The molecule has 0 atom stereocenters. The van der Waals surface area contributed by atoms with Crippen LogP contribution in [0.25, 0.3) is 0 Å². The second kappa shape index (κ2) is 4.59. The van der Waals surface area contributed by atoms with Gasteiger partial charge in [0.15, 0.2) is 0 Å². The number of nitrogens with one attached hydrogen (secondary N) is 1. The van der Waals surface area contributed by atoms with Gasteiger partial charge in [0.1, 0.15) is 12.4 Å². The van der Waals surface area contributed by atoms with Gasteiger partial charge < -0.3 is 11.1 Å². The molecule has 1 heterocycles. The Morgan fingerprint density at radius 2 is 2.50 bits per heavy atom. The summed E-state index contributed by atoms with van der Waals surface area (Å²) in [6.07, 6.45) is 1.35. The van der Waals surface area contributed by atoms with E-state index in [2.05, 4.69) is 10.4 Å². The number of carbonyl (C=O) groups is 1. The van der Waals surface area contributed by atoms with Crippen LogP contribution in [-0.4, -0.2) is 28.9 Å². The monoisotopic (exact) mass is 200 g/mol. The molecule has 3 N–H and O–H groups in total. The first-order valence-electron chi connectivity index (χ1n) is 4.36. The van der Waals surface area contributed by atoms with Gasteiger partial charge in [-0.15, -0.1) is 0 Å². The molecule has 0 aliphatic carbocycles. The normalized spacial score (nSPS) is 10.1. The maximum atomic E-state index is 12.1. The minimum atomic E-state index is -0.576. The zero-order chi connectivity index (χ0) is 10.6. The molecule has 1 aromatic rings. The fourth-order valence-electron chi connectivity index (χ4n) is 1.14. The molecular formula is C8H13FN4O. The first-order valence-corrected chi connectivity index (χ1v) is 4.36. The van der Waals surface area contributed by atoms with Crippen LogP contribution in [-0.2, 0) is 6.54 Å². The minimum absolute atomic E-state index is 0.0453. The Morgan fingerprint density at radius 1 is 1.79 bits per heavy atom. The van der Waals surface area contributed by atoms with Crippen LogP contribution in [0.3, 0.4) is 0 Å². The Labute approximate surface area is 81.1 Å². The van der Waals surface area contributed by atoms with Crippen LogP contribution >= 0.6 is 0 Å². The average Bonchev–Trinajstić information content (AvgIpc) is 2.48. The van der Waals surface area contributed by atoms with Crippen LogP contribution in [0.2, 0.25) is 0 Å². The van der Waals surface area contributed by atoms with Crippen molar-refractivity contribution >= 4 is 11.6 Å². The lowest BCUT2D eigenvalue weighted by molar-refractivity contribution is 0.0945. The van der Waals surface area contributed by atoms with Gasteiger partial charge in [0.2, 0.25) is 0 Å². The summed E-state index contributed by atoms with van der Waals surface area (Å²) in [4.78, 5) is 11.4. The largest absolute Gasteiger partial charge is 0.396 e. The Bertz CT molecular complexity index is 323. The lowest BCUT2D eigenvalue weighted by atomic mass is 10.3. The number of nitrogen functional groups attached to an aromatic ring is 1. The SMILES string of the molecule is CCNC(=O)c1c(N)cnn1CCF. The predicted octanol–water partition coefficient (Wildman–Crippen LogP) is 0.184. The second-order valence-electron chi connectivity index (χ2n) is 2.72. The van der Waals surface area contributed by atoms with Crippen molar-refractivity contribution in [1.29, 1.82) is 0 Å². The number of nitrogens with two attached hydrogens (primary N) is 1. The summed E-state index contributed by atoms with van der Waals surface area (Å²) in [6, 6.07) is 0. The molecule has 1 rings (SSSR count). The number of hydrogen-bond donors (Lipinski definition) is 2. The van der Waals surface area contributed by atoms with Crippen molar-refractivity contribution in [3.8, 4) is 0 Å². The number of rotatable bonds is 4. The molecule has 0 saturated heterocycles. The number of alkyl halides is 1. The maximum Gasteiger partial charge on any atom is 0.271 e. The summed E-state index contributed by atoms with van der Waals surface area (Å²) in [5.41, 5.74) is 6.03. The molecule has 1 amide bonds. The molecule has 0 radical (unpaired) electrons. The van der Waals surface area contributed by atoms with Crippen LogP contribution in [0.1, 0.15) is 17.4 Å². The van der Waals surface area contributed by atoms with Crippen molar-refractivity contribution in [2.75, 3.05) is 19.0 Å². The van der Waals surface area contributed by atoms with Crippen LogP contribution in [0, 0.1) is 0 Å². The number of anilines is 1. The van der Waals surface area contributed by atoms with Crippen molar-refractivity contribution < 1.29 is 9.18 Å². The molecule has 0 saturated carbocycles. The van der Waals surface area contributed by atoms with E-state index in [1.165, 1.54) is 10.9 Å². The smallest absolute Gasteiger partial charge is 0.271 e. The number of halogens is 1. The van der Waals surface area contributed by atoms with Crippen molar-refractivity contribution in [3.05, 3.63) is 11.9 Å². The number of hydrogen-bond acceptors (Lipinski definition) is 3. The third kappa shape index (κ3) is 2.01. The fourth-order valence-corrected chi connectivity index (χ4v) is 1.14. The molecule has 0 spiro atoms. The number of aryl methyl sites for hydroxylation is 1. The molecule has 78 valence electrons. The minimum Gasteiger partial charge on any atom is -0.396 e. The predicted molar refractivity (Wildman–Crippen MR) is 50.6 cm³/mol. The molecule has 0 unspecified atom stereocenters. The first kappa shape index (κ1) is 10.5. The summed E-state index contributed by atoms with van der Waals surface area (Å²) >= 11 is 0. The Kier molecular flexibility index (Phi) is 3.44. The molecule has 6 heteroatoms. The Morgan fingerprint density at radius 3 is 3.07 bits per heavy atom. The van der Waals surface area contributed by atoms with Crippen LogP contribution in [0.5, 0.6) is 0 Å². The quantitative estimate of drug-likeness (QED) is 0.728. The topological polar surface area (TPSA) is 72.9 Å². The Hall–Kier alpha value is -1.59. The molecule has 0 aliphatic rings. The molecule has 14 heavy (non-hydrogen) atoms. The van der Waals surface area contributed by atoms with E-state index in [9.17, 15) is 9.18 Å². The average molecular weight is 200 g/mol. The summed E-state index contributed by atoms with van der Waals surface area (Å²) in [5.74, 6) is -0.323. The summed E-state index contributed by atoms with van der Waals surface area (Å²) in [7, 11) is 0. The Balaban J connectivity index is 2.92. The molecular weight excluding hydrogens is 187 g/mol. The summed E-state index contributed by atoms with van der Waals surface area (Å²) in [6.45, 7) is 1.76. The third-order valence-electron chi connectivity index (χ3n) is 1.72. The van der Waals surface area contributed by atoms with E-state index in [0.29, 0.717) is 6.54 Å². The maximum absolute atomic E-state index is 12.1. The number of carbonyl (C=O) groups excluding carboxylic acids is 1. The van der Waals surface area contributed by atoms with Gasteiger partial charge in [0.05, 0.1) is 18.4 Å². The van der Waals surface area contributed by atoms with Gasteiger partial charge in [-0.05, 0) is 6.92 Å². The number of amides is 1. The molecule has 0 fully saturated rings. The van der Waals surface area contributed by atoms with Crippen molar-refractivity contribution in [2.45, 2.75) is 13.5 Å². The van der Waals surface area contributed by atoms with Gasteiger partial charge in [-0.25, -0.2) is 4.39 Å². The molecule has 0 aromatic carbocycles. The first-order chi connectivity index (χ1) is 6.70. The highest BCUT2D eigenvalue weighted by molar-refractivity contribution is 5.97. The highest BCUT2D eigenvalue weighted by atomic mass is 19.1. The van der Waals surface area contributed by atoms with E-state index < -0.39 is 6.67 Å². The van der Waals surface area contributed by atoms with Gasteiger partial charge >= 0.3 is 0 Å². The molecule has 0 aliphatic heterocycles. The summed E-state index contributed by atoms with van der Waals surface area (Å²) < 4.78 is 13.3. The van der Waals surface area contributed by atoms with Gasteiger partial charge in [0.25, 0.3) is 5.91 Å². The van der Waals surface area contributed by atoms with Gasteiger partial charge in [-0.1, -0.05) is 0 Å². The lowest BCUT2D eigenvalue weighted by Crippen LogP contribution is -2.27. The fraction of sp³-hybridized carbons (Fsp3) is 0.500. The molecule has 0 bridgehead atoms. The highest BCUT2D eigenvalue weighted by Crippen LogP contribution is 2.10. The van der Waals surface area contributed by atoms with Gasteiger partial charge in [-0.3, -0.25) is 9.48 Å². The van der Waals surface area contributed by atoms with Crippen molar-refractivity contribution in [1.82, 2.24) is 15.1 Å². The van der Waals surface area contributed by atoms with E-state index in [1.807, 2.05) is 0 Å². The highest BCUT2D eigenvalue weighted by Gasteiger charge is 2.15. The van der Waals surface area contributed by atoms with Crippen molar-refractivity contribution in [2.24, 2.45) is 0 Å². The summed E-state index contributed by atoms with van der Waals surface area (Å²) in [5, 5.41) is 6.38. The molecule has 1 aromatic heterocycles. The van der Waals surface area contributed by atoms with E-state index in [0.717, 1.165) is 0 Å². The van der Waals surface area contributed by atoms with E-state index in [-0.39, 0.29) is 23.8 Å². The second-order valence-corrected chi connectivity index (χ2v) is 2.72. The van der Waals surface area contributed by atoms with Crippen LogP contribution < -0.4 is 11.1 Å². The number of aromatic nitrogens is 2. The molecule has 5 nitrogen and oxygen atoms in total. The van der Waals surface area contributed by atoms with Crippen molar-refractivity contribution in [3.63, 3.8) is 0 Å². The number of nitrogens with zero attached hydrogens (tertiary/aromatic N) is 2. The van der Waals surface area contributed by atoms with E-state index in [1.54, 1.807) is 6.92 Å². The van der Waals surface area contributed by atoms with E-state index >= 15 is 0 Å². The lowest BCUT2D eigenvalue weighted by Gasteiger charge is -2.05. The van der Waals surface area contributed by atoms with Gasteiger partial charge in [-0.2, -0.15) is 5.10 Å². The third-order valence-corrected chi connectivity index (χ3v) is 1.72. The zero-order valence-electron chi connectivity index (χ0n) is 7.96.